The van der Waals surface area contributed by atoms with E-state index in [0.717, 1.165) is 26.2 Å². The van der Waals surface area contributed by atoms with Crippen molar-refractivity contribution in [2.75, 3.05) is 26.2 Å². The minimum absolute atomic E-state index is 0. The highest BCUT2D eigenvalue weighted by molar-refractivity contribution is 7.17. The van der Waals surface area contributed by atoms with Crippen molar-refractivity contribution in [3.8, 4) is 6.07 Å². The number of nitrogens with one attached hydrogen (secondary N) is 1. The predicted octanol–water partition coefficient (Wildman–Crippen LogP) is 3.60. The molecule has 0 aliphatic carbocycles. The third-order valence-electron chi connectivity index (χ3n) is 3.75. The van der Waals surface area contributed by atoms with Gasteiger partial charge in [0.2, 0.25) is 0 Å². The first-order valence-corrected chi connectivity index (χ1v) is 7.56. The molecule has 3 nitrogen and oxygen atoms in total. The quantitative estimate of drug-likeness (QED) is 0.925. The zero-order valence-corrected chi connectivity index (χ0v) is 14.1. The van der Waals surface area contributed by atoms with E-state index in [2.05, 4.69) is 45.9 Å². The highest BCUT2D eigenvalue weighted by Crippen LogP contribution is 2.34. The monoisotopic (exact) mass is 343 g/mol. The summed E-state index contributed by atoms with van der Waals surface area (Å²) in [6.45, 7) is 4.08. The average molecular weight is 344 g/mol. The summed E-state index contributed by atoms with van der Waals surface area (Å²) in [5, 5.41) is 16.1. The summed E-state index contributed by atoms with van der Waals surface area (Å²) in [5.41, 5.74) is 1.32. The van der Waals surface area contributed by atoms with E-state index in [1.165, 1.54) is 15.6 Å². The summed E-state index contributed by atoms with van der Waals surface area (Å²) in [6, 6.07) is 11.1. The van der Waals surface area contributed by atoms with E-state index in [0.29, 0.717) is 6.42 Å². The molecule has 0 saturated carbocycles. The van der Waals surface area contributed by atoms with E-state index in [1.54, 1.807) is 11.3 Å². The van der Waals surface area contributed by atoms with Crippen LogP contribution in [0.2, 0.25) is 0 Å². The first kappa shape index (κ1) is 18.2. The Morgan fingerprint density at radius 2 is 1.95 bits per heavy atom. The second-order valence-electron chi connectivity index (χ2n) is 4.85. The Labute approximate surface area is 141 Å². The van der Waals surface area contributed by atoms with Gasteiger partial charge in [-0.15, -0.1) is 36.2 Å². The fourth-order valence-corrected chi connectivity index (χ4v) is 3.78. The Bertz CT molecular complexity index is 602. The number of thiophene rings is 1. The maximum Gasteiger partial charge on any atom is 0.0641 e. The van der Waals surface area contributed by atoms with Crippen LogP contribution in [-0.4, -0.2) is 31.1 Å². The highest BCUT2D eigenvalue weighted by atomic mass is 35.5. The molecule has 1 aromatic carbocycles. The molecule has 1 N–H and O–H groups in total. The first-order valence-electron chi connectivity index (χ1n) is 6.68. The molecule has 3 rings (SSSR count). The smallest absolute Gasteiger partial charge is 0.0641 e. The number of nitrogens with zero attached hydrogens (tertiary/aromatic N) is 2. The molecule has 114 valence electrons. The molecule has 1 saturated heterocycles. The van der Waals surface area contributed by atoms with Gasteiger partial charge >= 0.3 is 0 Å². The predicted molar refractivity (Wildman–Crippen MR) is 93.7 cm³/mol. The van der Waals surface area contributed by atoms with Gasteiger partial charge in [-0.05, 0) is 22.4 Å². The summed E-state index contributed by atoms with van der Waals surface area (Å²) < 4.78 is 1.32. The molecular weight excluding hydrogens is 325 g/mol. The molecular formula is C15H19Cl2N3S. The van der Waals surface area contributed by atoms with E-state index in [-0.39, 0.29) is 30.9 Å². The molecule has 6 heteroatoms. The maximum atomic E-state index is 9.15. The number of piperazine rings is 1. The minimum Gasteiger partial charge on any atom is -0.314 e. The van der Waals surface area contributed by atoms with E-state index >= 15 is 0 Å². The second-order valence-corrected chi connectivity index (χ2v) is 5.76. The number of halogens is 2. The first-order chi connectivity index (χ1) is 9.40. The third kappa shape index (κ3) is 3.88. The molecule has 1 atom stereocenters. The lowest BCUT2D eigenvalue weighted by Crippen LogP contribution is -2.45. The summed E-state index contributed by atoms with van der Waals surface area (Å²) in [6.07, 6.45) is 0.570. The van der Waals surface area contributed by atoms with Crippen LogP contribution in [0.3, 0.4) is 0 Å². The average Bonchev–Trinajstić information content (AvgIpc) is 2.89. The molecule has 2 aromatic rings. The van der Waals surface area contributed by atoms with Crippen LogP contribution < -0.4 is 5.32 Å². The molecule has 0 unspecified atom stereocenters. The lowest BCUT2D eigenvalue weighted by molar-refractivity contribution is 0.177. The molecule has 1 aliphatic heterocycles. The summed E-state index contributed by atoms with van der Waals surface area (Å²) >= 11 is 1.78. The van der Waals surface area contributed by atoms with Crippen molar-refractivity contribution in [3.63, 3.8) is 0 Å². The lowest BCUT2D eigenvalue weighted by atomic mass is 10.0. The summed E-state index contributed by atoms with van der Waals surface area (Å²) in [4.78, 5) is 2.44. The third-order valence-corrected chi connectivity index (χ3v) is 4.73. The largest absolute Gasteiger partial charge is 0.314 e. The molecule has 21 heavy (non-hydrogen) atoms. The van der Waals surface area contributed by atoms with E-state index in [9.17, 15) is 0 Å². The molecule has 0 bridgehead atoms. The Morgan fingerprint density at radius 1 is 1.24 bits per heavy atom. The molecule has 1 aliphatic rings. The number of nitriles is 1. The molecule has 2 heterocycles. The fourth-order valence-electron chi connectivity index (χ4n) is 2.77. The fraction of sp³-hybridized carbons (Fsp3) is 0.400. The van der Waals surface area contributed by atoms with Crippen molar-refractivity contribution in [3.05, 3.63) is 35.2 Å². The highest BCUT2D eigenvalue weighted by Gasteiger charge is 2.24. The number of benzene rings is 1. The number of hydrogen-bond acceptors (Lipinski definition) is 4. The van der Waals surface area contributed by atoms with Crippen LogP contribution in [0, 0.1) is 11.3 Å². The van der Waals surface area contributed by atoms with Crippen LogP contribution in [0.15, 0.2) is 29.6 Å². The van der Waals surface area contributed by atoms with Gasteiger partial charge in [0.1, 0.15) is 0 Å². The van der Waals surface area contributed by atoms with E-state index in [1.807, 2.05) is 0 Å². The van der Waals surface area contributed by atoms with Gasteiger partial charge in [-0.2, -0.15) is 5.26 Å². The second kappa shape index (κ2) is 8.57. The van der Waals surface area contributed by atoms with Crippen molar-refractivity contribution in [1.29, 1.82) is 5.26 Å². The van der Waals surface area contributed by atoms with Crippen molar-refractivity contribution in [2.24, 2.45) is 0 Å². The minimum atomic E-state index is 0. The molecule has 0 spiro atoms. The molecule has 0 radical (unpaired) electrons. The van der Waals surface area contributed by atoms with Gasteiger partial charge in [0.25, 0.3) is 0 Å². The van der Waals surface area contributed by atoms with E-state index < -0.39 is 0 Å². The zero-order chi connectivity index (χ0) is 13.1. The van der Waals surface area contributed by atoms with Crippen LogP contribution in [0.1, 0.15) is 18.0 Å². The number of fused-ring (bicyclic) bond motifs is 1. The van der Waals surface area contributed by atoms with Gasteiger partial charge in [0.15, 0.2) is 0 Å². The molecule has 0 amide bonds. The van der Waals surface area contributed by atoms with Crippen molar-refractivity contribution in [2.45, 2.75) is 12.5 Å². The Morgan fingerprint density at radius 3 is 2.67 bits per heavy atom. The normalized spacial score (nSPS) is 16.5. The van der Waals surface area contributed by atoms with Crippen molar-refractivity contribution in [1.82, 2.24) is 10.2 Å². The number of hydrogen-bond donors (Lipinski definition) is 1. The van der Waals surface area contributed by atoms with Crippen molar-refractivity contribution >= 4 is 46.2 Å². The SMILES string of the molecule is Cl.Cl.N#CC[C@H](c1csc2ccccc12)N1CCNCC1. The lowest BCUT2D eigenvalue weighted by Gasteiger charge is -2.33. The standard InChI is InChI=1S/C15H17N3S.2ClH/c16-6-5-14(18-9-7-17-8-10-18)13-11-19-15-4-2-1-3-12(13)15;;/h1-4,11,14,17H,5,7-10H2;2*1H/t14-;;/m1../s1. The topological polar surface area (TPSA) is 39.1 Å². The van der Waals surface area contributed by atoms with E-state index in [4.69, 9.17) is 5.26 Å². The molecule has 1 aromatic heterocycles. The van der Waals surface area contributed by atoms with Crippen LogP contribution in [0.5, 0.6) is 0 Å². The Kier molecular flexibility index (Phi) is 7.44. The van der Waals surface area contributed by atoms with Crippen LogP contribution >= 0.6 is 36.2 Å². The molecule has 1 fully saturated rings. The van der Waals surface area contributed by atoms with Crippen LogP contribution in [-0.2, 0) is 0 Å². The van der Waals surface area contributed by atoms with Gasteiger partial charge in [-0.3, -0.25) is 4.90 Å². The van der Waals surface area contributed by atoms with Crippen molar-refractivity contribution < 1.29 is 0 Å². The maximum absolute atomic E-state index is 9.15. The van der Waals surface area contributed by atoms with Gasteiger partial charge < -0.3 is 5.32 Å². The van der Waals surface area contributed by atoms with Crippen LogP contribution in [0.4, 0.5) is 0 Å². The van der Waals surface area contributed by atoms with Gasteiger partial charge in [-0.1, -0.05) is 18.2 Å². The van der Waals surface area contributed by atoms with Gasteiger partial charge in [0, 0.05) is 36.9 Å². The Balaban J connectivity index is 0.00000110. The number of rotatable bonds is 3. The van der Waals surface area contributed by atoms with Gasteiger partial charge in [-0.25, -0.2) is 0 Å². The zero-order valence-electron chi connectivity index (χ0n) is 11.6. The Hall–Kier alpha value is -0.830. The summed E-state index contributed by atoms with van der Waals surface area (Å²) in [5.74, 6) is 0. The summed E-state index contributed by atoms with van der Waals surface area (Å²) in [7, 11) is 0. The van der Waals surface area contributed by atoms with Crippen LogP contribution in [0.25, 0.3) is 10.1 Å². The van der Waals surface area contributed by atoms with Gasteiger partial charge in [0.05, 0.1) is 12.5 Å².